The zero-order valence-electron chi connectivity index (χ0n) is 9.48. The maximum absolute atomic E-state index is 2.34. The topological polar surface area (TPSA) is 0 Å². The Morgan fingerprint density at radius 1 is 0.706 bits per heavy atom. The first-order valence-corrected chi connectivity index (χ1v) is 6.01. The Morgan fingerprint density at radius 2 is 1.53 bits per heavy atom. The molecule has 0 amide bonds. The number of benzene rings is 3. The summed E-state index contributed by atoms with van der Waals surface area (Å²) >= 11 is 0. The van der Waals surface area contributed by atoms with Crippen LogP contribution in [0.2, 0.25) is 0 Å². The summed E-state index contributed by atoms with van der Waals surface area (Å²) in [7, 11) is 0. The molecule has 0 radical (unpaired) electrons. The summed E-state index contributed by atoms with van der Waals surface area (Å²) in [5.74, 6) is 0. The highest BCUT2D eigenvalue weighted by atomic mass is 14.2. The monoisotopic (exact) mass is 216 g/mol. The van der Waals surface area contributed by atoms with Gasteiger partial charge in [0, 0.05) is 0 Å². The standard InChI is InChI=1S/C17H12/c1-2-6-14-11-17-15-7-3-4-12(8-15)9-16(17)10-13(14)5-1/h1-8,10-11H,9H2. The van der Waals surface area contributed by atoms with Crippen molar-refractivity contribution in [3.63, 3.8) is 0 Å². The molecule has 0 aliphatic heterocycles. The summed E-state index contributed by atoms with van der Waals surface area (Å²) < 4.78 is 0. The van der Waals surface area contributed by atoms with Gasteiger partial charge in [-0.3, -0.25) is 0 Å². The zero-order valence-corrected chi connectivity index (χ0v) is 9.48. The van der Waals surface area contributed by atoms with Crippen LogP contribution in [0.1, 0.15) is 11.1 Å². The normalized spacial score (nSPS) is 12.5. The van der Waals surface area contributed by atoms with Gasteiger partial charge >= 0.3 is 0 Å². The average molecular weight is 216 g/mol. The minimum absolute atomic E-state index is 1.06. The maximum Gasteiger partial charge on any atom is -0.00192 e. The van der Waals surface area contributed by atoms with E-state index < -0.39 is 0 Å². The fraction of sp³-hybridized carbons (Fsp3) is 0.0588. The van der Waals surface area contributed by atoms with Gasteiger partial charge < -0.3 is 0 Å². The van der Waals surface area contributed by atoms with E-state index in [2.05, 4.69) is 60.7 Å². The first-order valence-electron chi connectivity index (χ1n) is 6.01. The first-order chi connectivity index (χ1) is 8.40. The van der Waals surface area contributed by atoms with Crippen molar-refractivity contribution in [1.82, 2.24) is 0 Å². The molecule has 0 unspecified atom stereocenters. The van der Waals surface area contributed by atoms with E-state index in [4.69, 9.17) is 0 Å². The third kappa shape index (κ3) is 1.31. The molecule has 1 aliphatic rings. The van der Waals surface area contributed by atoms with Gasteiger partial charge in [-0.25, -0.2) is 0 Å². The van der Waals surface area contributed by atoms with E-state index in [0.29, 0.717) is 0 Å². The van der Waals surface area contributed by atoms with Crippen molar-refractivity contribution in [1.29, 1.82) is 0 Å². The van der Waals surface area contributed by atoms with Crippen molar-refractivity contribution < 1.29 is 0 Å². The number of hydrogen-bond donors (Lipinski definition) is 0. The molecular weight excluding hydrogens is 204 g/mol. The summed E-state index contributed by atoms with van der Waals surface area (Å²) in [6, 6.07) is 22.1. The second-order valence-electron chi connectivity index (χ2n) is 4.73. The Balaban J connectivity index is 2.09. The van der Waals surface area contributed by atoms with Crippen molar-refractivity contribution in [2.24, 2.45) is 0 Å². The minimum Gasteiger partial charge on any atom is -0.0616 e. The Hall–Kier alpha value is -2.08. The lowest BCUT2D eigenvalue weighted by atomic mass is 9.87. The highest BCUT2D eigenvalue weighted by Gasteiger charge is 2.13. The molecule has 3 aromatic rings. The molecule has 0 N–H and O–H groups in total. The number of rotatable bonds is 0. The molecular formula is C17H12. The molecule has 0 saturated carbocycles. The quantitative estimate of drug-likeness (QED) is 0.408. The second-order valence-corrected chi connectivity index (χ2v) is 4.73. The summed E-state index contributed by atoms with van der Waals surface area (Å²) in [5, 5.41) is 2.68. The van der Waals surface area contributed by atoms with Crippen LogP contribution in [0.3, 0.4) is 0 Å². The van der Waals surface area contributed by atoms with E-state index in [0.717, 1.165) is 6.42 Å². The maximum atomic E-state index is 2.34. The number of fused-ring (bicyclic) bond motifs is 5. The average Bonchev–Trinajstić information content (AvgIpc) is 2.37. The Morgan fingerprint density at radius 3 is 2.41 bits per heavy atom. The van der Waals surface area contributed by atoms with Gasteiger partial charge in [0.1, 0.15) is 0 Å². The molecule has 0 heteroatoms. The van der Waals surface area contributed by atoms with E-state index >= 15 is 0 Å². The van der Waals surface area contributed by atoms with Crippen LogP contribution in [-0.4, -0.2) is 0 Å². The van der Waals surface area contributed by atoms with Crippen LogP contribution in [0.15, 0.2) is 60.7 Å². The summed E-state index contributed by atoms with van der Waals surface area (Å²) in [6.07, 6.45) is 1.06. The molecule has 4 rings (SSSR count). The SMILES string of the molecule is c1cc2cc(c1)-c1cc3ccccc3cc1C2. The summed E-state index contributed by atoms with van der Waals surface area (Å²) in [5.41, 5.74) is 5.63. The van der Waals surface area contributed by atoms with Gasteiger partial charge in [-0.2, -0.15) is 0 Å². The summed E-state index contributed by atoms with van der Waals surface area (Å²) in [4.78, 5) is 0. The molecule has 0 nitrogen and oxygen atoms in total. The minimum atomic E-state index is 1.06. The van der Waals surface area contributed by atoms with Crippen LogP contribution in [0, 0.1) is 0 Å². The van der Waals surface area contributed by atoms with E-state index in [9.17, 15) is 0 Å². The Bertz CT molecular complexity index is 723. The van der Waals surface area contributed by atoms with E-state index in [1.807, 2.05) is 0 Å². The molecule has 17 heavy (non-hydrogen) atoms. The van der Waals surface area contributed by atoms with Gasteiger partial charge in [0.15, 0.2) is 0 Å². The second kappa shape index (κ2) is 3.21. The molecule has 2 bridgehead atoms. The molecule has 0 saturated heterocycles. The van der Waals surface area contributed by atoms with Gasteiger partial charge in [0.05, 0.1) is 0 Å². The van der Waals surface area contributed by atoms with Crippen molar-refractivity contribution in [2.75, 3.05) is 0 Å². The first kappa shape index (κ1) is 9.00. The van der Waals surface area contributed by atoms with Gasteiger partial charge in [0.2, 0.25) is 0 Å². The van der Waals surface area contributed by atoms with E-state index in [-0.39, 0.29) is 0 Å². The molecule has 80 valence electrons. The molecule has 1 aliphatic carbocycles. The van der Waals surface area contributed by atoms with Crippen LogP contribution in [0.4, 0.5) is 0 Å². The van der Waals surface area contributed by atoms with Crippen molar-refractivity contribution >= 4 is 10.8 Å². The van der Waals surface area contributed by atoms with Crippen molar-refractivity contribution in [3.8, 4) is 11.1 Å². The lowest BCUT2D eigenvalue weighted by Gasteiger charge is -2.18. The Kier molecular flexibility index (Phi) is 1.70. The highest BCUT2D eigenvalue weighted by molar-refractivity contribution is 5.90. The lowest BCUT2D eigenvalue weighted by Crippen LogP contribution is -1.98. The summed E-state index contributed by atoms with van der Waals surface area (Å²) in [6.45, 7) is 0. The molecule has 0 spiro atoms. The third-order valence-electron chi connectivity index (χ3n) is 3.60. The van der Waals surface area contributed by atoms with E-state index in [1.54, 1.807) is 0 Å². The van der Waals surface area contributed by atoms with Gasteiger partial charge in [-0.15, -0.1) is 0 Å². The molecule has 0 aromatic heterocycles. The van der Waals surface area contributed by atoms with Crippen LogP contribution >= 0.6 is 0 Å². The van der Waals surface area contributed by atoms with Gasteiger partial charge in [0.25, 0.3) is 0 Å². The fourth-order valence-corrected chi connectivity index (χ4v) is 2.77. The van der Waals surface area contributed by atoms with Crippen LogP contribution in [0.25, 0.3) is 21.9 Å². The number of hydrogen-bond acceptors (Lipinski definition) is 0. The predicted molar refractivity (Wildman–Crippen MR) is 72.2 cm³/mol. The molecule has 0 fully saturated rings. The predicted octanol–water partition coefficient (Wildman–Crippen LogP) is 4.41. The van der Waals surface area contributed by atoms with Crippen molar-refractivity contribution in [3.05, 3.63) is 71.8 Å². The smallest absolute Gasteiger partial charge is 0.00192 e. The molecule has 0 heterocycles. The van der Waals surface area contributed by atoms with E-state index in [1.165, 1.54) is 33.0 Å². The fourth-order valence-electron chi connectivity index (χ4n) is 2.77. The van der Waals surface area contributed by atoms with Gasteiger partial charge in [-0.1, -0.05) is 54.6 Å². The van der Waals surface area contributed by atoms with Crippen LogP contribution in [-0.2, 0) is 6.42 Å². The van der Waals surface area contributed by atoms with Gasteiger partial charge in [-0.05, 0) is 45.5 Å². The van der Waals surface area contributed by atoms with Crippen molar-refractivity contribution in [2.45, 2.75) is 6.42 Å². The molecule has 3 aromatic carbocycles. The highest BCUT2D eigenvalue weighted by Crippen LogP contribution is 2.34. The van der Waals surface area contributed by atoms with Crippen LogP contribution < -0.4 is 0 Å². The zero-order chi connectivity index (χ0) is 11.2. The Labute approximate surface area is 101 Å². The lowest BCUT2D eigenvalue weighted by molar-refractivity contribution is 1.18. The molecule has 0 atom stereocenters. The van der Waals surface area contributed by atoms with Crippen LogP contribution in [0.5, 0.6) is 0 Å². The largest absolute Gasteiger partial charge is 0.0616 e. The third-order valence-corrected chi connectivity index (χ3v) is 3.60.